The van der Waals surface area contributed by atoms with E-state index < -0.39 is 0 Å². The Bertz CT molecular complexity index is 140. The van der Waals surface area contributed by atoms with E-state index in [0.717, 1.165) is 0 Å². The lowest BCUT2D eigenvalue weighted by atomic mass is 10.2. The normalized spacial score (nSPS) is 14.9. The van der Waals surface area contributed by atoms with E-state index in [1.807, 2.05) is 6.92 Å². The van der Waals surface area contributed by atoms with Crippen molar-refractivity contribution >= 4 is 5.91 Å². The monoisotopic (exact) mass is 204 g/mol. The second-order valence-electron chi connectivity index (χ2n) is 3.15. The standard InChI is InChI=1S/C9H20N2O3/c1-3-7(6-12)11-9(13)4-8(5-10)14-2/h7-8,12H,3-6,10H2,1-2H3,(H,11,13)/t7-,8?/m1/s1. The van der Waals surface area contributed by atoms with E-state index in [1.54, 1.807) is 0 Å². The van der Waals surface area contributed by atoms with Crippen LogP contribution in [0.5, 0.6) is 0 Å². The Morgan fingerprint density at radius 2 is 2.29 bits per heavy atom. The molecule has 0 aromatic rings. The van der Waals surface area contributed by atoms with Gasteiger partial charge in [-0.1, -0.05) is 6.92 Å². The molecule has 14 heavy (non-hydrogen) atoms. The number of nitrogens with one attached hydrogen (secondary N) is 1. The Hall–Kier alpha value is -0.650. The zero-order valence-electron chi connectivity index (χ0n) is 8.82. The van der Waals surface area contributed by atoms with Gasteiger partial charge in [-0.25, -0.2) is 0 Å². The molecular formula is C9H20N2O3. The fourth-order valence-corrected chi connectivity index (χ4v) is 1.03. The van der Waals surface area contributed by atoms with Crippen LogP contribution in [0.15, 0.2) is 0 Å². The molecule has 0 saturated carbocycles. The van der Waals surface area contributed by atoms with Crippen LogP contribution in [0.4, 0.5) is 0 Å². The van der Waals surface area contributed by atoms with E-state index in [4.69, 9.17) is 15.6 Å². The van der Waals surface area contributed by atoms with Crippen molar-refractivity contribution in [2.24, 2.45) is 5.73 Å². The molecule has 0 rings (SSSR count). The van der Waals surface area contributed by atoms with Gasteiger partial charge in [-0.15, -0.1) is 0 Å². The lowest BCUT2D eigenvalue weighted by Gasteiger charge is -2.16. The van der Waals surface area contributed by atoms with Gasteiger partial charge in [0, 0.05) is 13.7 Å². The Balaban J connectivity index is 3.83. The topological polar surface area (TPSA) is 84.6 Å². The molecule has 0 heterocycles. The summed E-state index contributed by atoms with van der Waals surface area (Å²) in [5.74, 6) is -0.136. The molecule has 1 amide bonds. The summed E-state index contributed by atoms with van der Waals surface area (Å²) in [5.41, 5.74) is 5.37. The van der Waals surface area contributed by atoms with Crippen molar-refractivity contribution in [3.8, 4) is 0 Å². The number of aliphatic hydroxyl groups excluding tert-OH is 1. The molecular weight excluding hydrogens is 184 g/mol. The first-order valence-corrected chi connectivity index (χ1v) is 4.80. The number of hydrogen-bond acceptors (Lipinski definition) is 4. The number of aliphatic hydroxyl groups is 1. The Morgan fingerprint density at radius 3 is 2.64 bits per heavy atom. The SMILES string of the molecule is CC[C@H](CO)NC(=O)CC(CN)OC. The fraction of sp³-hybridized carbons (Fsp3) is 0.889. The summed E-state index contributed by atoms with van der Waals surface area (Å²) in [7, 11) is 1.52. The highest BCUT2D eigenvalue weighted by Gasteiger charge is 2.14. The van der Waals surface area contributed by atoms with E-state index >= 15 is 0 Å². The van der Waals surface area contributed by atoms with Crippen molar-refractivity contribution in [1.29, 1.82) is 0 Å². The van der Waals surface area contributed by atoms with Crippen molar-refractivity contribution in [2.45, 2.75) is 31.9 Å². The second-order valence-corrected chi connectivity index (χ2v) is 3.15. The third-order valence-electron chi connectivity index (χ3n) is 2.09. The van der Waals surface area contributed by atoms with Crippen molar-refractivity contribution < 1.29 is 14.6 Å². The van der Waals surface area contributed by atoms with E-state index in [1.165, 1.54) is 7.11 Å². The minimum Gasteiger partial charge on any atom is -0.394 e. The maximum atomic E-state index is 11.3. The fourth-order valence-electron chi connectivity index (χ4n) is 1.03. The average Bonchev–Trinajstić information content (AvgIpc) is 2.22. The second kappa shape index (κ2) is 7.73. The van der Waals surface area contributed by atoms with Crippen molar-refractivity contribution in [1.82, 2.24) is 5.32 Å². The average molecular weight is 204 g/mol. The van der Waals surface area contributed by atoms with Gasteiger partial charge in [0.25, 0.3) is 0 Å². The highest BCUT2D eigenvalue weighted by atomic mass is 16.5. The molecule has 0 aromatic carbocycles. The smallest absolute Gasteiger partial charge is 0.222 e. The predicted molar refractivity (Wildman–Crippen MR) is 53.8 cm³/mol. The summed E-state index contributed by atoms with van der Waals surface area (Å²) in [6.07, 6.45) is 0.706. The maximum absolute atomic E-state index is 11.3. The molecule has 0 saturated heterocycles. The molecule has 1 unspecified atom stereocenters. The zero-order valence-corrected chi connectivity index (χ0v) is 8.82. The van der Waals surface area contributed by atoms with Gasteiger partial charge in [0.05, 0.1) is 25.2 Å². The third-order valence-corrected chi connectivity index (χ3v) is 2.09. The minimum atomic E-state index is -0.244. The van der Waals surface area contributed by atoms with Gasteiger partial charge in [-0.3, -0.25) is 4.79 Å². The van der Waals surface area contributed by atoms with Crippen molar-refractivity contribution in [2.75, 3.05) is 20.3 Å². The first-order valence-electron chi connectivity index (χ1n) is 4.80. The number of ether oxygens (including phenoxy) is 1. The summed E-state index contributed by atoms with van der Waals surface area (Å²) in [5, 5.41) is 11.5. The molecule has 0 fully saturated rings. The molecule has 5 nitrogen and oxygen atoms in total. The van der Waals surface area contributed by atoms with Crippen LogP contribution < -0.4 is 11.1 Å². The highest BCUT2D eigenvalue weighted by Crippen LogP contribution is 1.96. The van der Waals surface area contributed by atoms with Gasteiger partial charge in [0.2, 0.25) is 5.91 Å². The number of carbonyl (C=O) groups is 1. The Kier molecular flexibility index (Phi) is 7.37. The first-order chi connectivity index (χ1) is 6.67. The summed E-state index contributed by atoms with van der Waals surface area (Å²) in [4.78, 5) is 11.3. The predicted octanol–water partition coefficient (Wildman–Crippen LogP) is -0.763. The summed E-state index contributed by atoms with van der Waals surface area (Å²) < 4.78 is 4.97. The van der Waals surface area contributed by atoms with Crippen LogP contribution >= 0.6 is 0 Å². The maximum Gasteiger partial charge on any atom is 0.222 e. The van der Waals surface area contributed by atoms with Crippen LogP contribution in [-0.4, -0.2) is 43.4 Å². The number of methoxy groups -OCH3 is 1. The Morgan fingerprint density at radius 1 is 1.64 bits per heavy atom. The molecule has 2 atom stereocenters. The van der Waals surface area contributed by atoms with Crippen LogP contribution in [0.3, 0.4) is 0 Å². The minimum absolute atomic E-state index is 0.0392. The lowest BCUT2D eigenvalue weighted by molar-refractivity contribution is -0.124. The molecule has 0 bridgehead atoms. The molecule has 0 spiro atoms. The van der Waals surface area contributed by atoms with E-state index in [2.05, 4.69) is 5.32 Å². The molecule has 5 heteroatoms. The van der Waals surface area contributed by atoms with E-state index in [9.17, 15) is 4.79 Å². The summed E-state index contributed by atoms with van der Waals surface area (Å²) >= 11 is 0. The summed E-state index contributed by atoms with van der Waals surface area (Å²) in [6.45, 7) is 2.18. The number of amides is 1. The molecule has 0 aliphatic carbocycles. The first kappa shape index (κ1) is 13.4. The number of hydrogen-bond donors (Lipinski definition) is 3. The highest BCUT2D eigenvalue weighted by molar-refractivity contribution is 5.76. The lowest BCUT2D eigenvalue weighted by Crippen LogP contribution is -2.39. The molecule has 0 aliphatic rings. The quantitative estimate of drug-likeness (QED) is 0.509. The van der Waals surface area contributed by atoms with Crippen LogP contribution in [0.1, 0.15) is 19.8 Å². The number of rotatable bonds is 7. The van der Waals surface area contributed by atoms with Gasteiger partial charge >= 0.3 is 0 Å². The molecule has 0 aliphatic heterocycles. The molecule has 84 valence electrons. The molecule has 4 N–H and O–H groups in total. The summed E-state index contributed by atoms with van der Waals surface area (Å²) in [6, 6.07) is -0.169. The van der Waals surface area contributed by atoms with Gasteiger partial charge in [0.15, 0.2) is 0 Å². The van der Waals surface area contributed by atoms with Crippen LogP contribution in [0, 0.1) is 0 Å². The van der Waals surface area contributed by atoms with Gasteiger partial charge in [-0.05, 0) is 6.42 Å². The van der Waals surface area contributed by atoms with E-state index in [-0.39, 0.29) is 31.1 Å². The van der Waals surface area contributed by atoms with Crippen molar-refractivity contribution in [3.05, 3.63) is 0 Å². The largest absolute Gasteiger partial charge is 0.394 e. The van der Waals surface area contributed by atoms with Crippen LogP contribution in [0.2, 0.25) is 0 Å². The number of nitrogens with two attached hydrogens (primary N) is 1. The van der Waals surface area contributed by atoms with Crippen LogP contribution in [0.25, 0.3) is 0 Å². The zero-order chi connectivity index (χ0) is 11.0. The Labute approximate surface area is 84.6 Å². The number of carbonyl (C=O) groups excluding carboxylic acids is 1. The van der Waals surface area contributed by atoms with E-state index in [0.29, 0.717) is 13.0 Å². The third kappa shape index (κ3) is 5.16. The van der Waals surface area contributed by atoms with Gasteiger partial charge in [-0.2, -0.15) is 0 Å². The van der Waals surface area contributed by atoms with Crippen molar-refractivity contribution in [3.63, 3.8) is 0 Å². The molecule has 0 radical (unpaired) electrons. The van der Waals surface area contributed by atoms with Crippen LogP contribution in [-0.2, 0) is 9.53 Å². The molecule has 0 aromatic heterocycles. The van der Waals surface area contributed by atoms with Gasteiger partial charge < -0.3 is 20.9 Å². The van der Waals surface area contributed by atoms with Gasteiger partial charge in [0.1, 0.15) is 0 Å².